The van der Waals surface area contributed by atoms with Gasteiger partial charge in [-0.1, -0.05) is 32.6 Å². The number of nitrogens with one attached hydrogen (secondary N) is 2. The molecule has 1 amide bonds. The molecule has 0 radical (unpaired) electrons. The molecule has 3 nitrogen and oxygen atoms in total. The standard InChI is InChI=1S/C14H28N2OS/c1-3-15-12-9-7-5-6-8-10-13(12)18-11-14(17)16-4-2/h12-13,15H,3-11H2,1-2H3,(H,16,17). The van der Waals surface area contributed by atoms with Crippen molar-refractivity contribution in [1.29, 1.82) is 0 Å². The molecular weight excluding hydrogens is 244 g/mol. The number of hydrogen-bond donors (Lipinski definition) is 2. The van der Waals surface area contributed by atoms with Gasteiger partial charge in [0, 0.05) is 17.8 Å². The Bertz CT molecular complexity index is 236. The van der Waals surface area contributed by atoms with Gasteiger partial charge in [0.25, 0.3) is 0 Å². The van der Waals surface area contributed by atoms with Crippen molar-refractivity contribution in [3.05, 3.63) is 0 Å². The third-order valence-electron chi connectivity index (χ3n) is 3.47. The largest absolute Gasteiger partial charge is 0.356 e. The van der Waals surface area contributed by atoms with E-state index in [1.165, 1.54) is 38.5 Å². The SMILES string of the molecule is CCNC(=O)CSC1CCCCCCC1NCC. The average molecular weight is 272 g/mol. The molecule has 0 aromatic rings. The zero-order valence-corrected chi connectivity index (χ0v) is 12.7. The number of amides is 1. The van der Waals surface area contributed by atoms with E-state index >= 15 is 0 Å². The number of carbonyl (C=O) groups is 1. The monoisotopic (exact) mass is 272 g/mol. The maximum Gasteiger partial charge on any atom is 0.229 e. The van der Waals surface area contributed by atoms with E-state index in [2.05, 4.69) is 17.6 Å². The maximum atomic E-state index is 11.6. The predicted octanol–water partition coefficient (Wildman–Crippen LogP) is 2.56. The van der Waals surface area contributed by atoms with Gasteiger partial charge in [-0.05, 0) is 26.3 Å². The normalized spacial score (nSPS) is 25.2. The molecule has 2 unspecified atom stereocenters. The van der Waals surface area contributed by atoms with Crippen molar-refractivity contribution in [3.63, 3.8) is 0 Å². The zero-order chi connectivity index (χ0) is 13.2. The molecule has 1 saturated carbocycles. The fourth-order valence-electron chi connectivity index (χ4n) is 2.58. The molecule has 1 aliphatic carbocycles. The van der Waals surface area contributed by atoms with Crippen LogP contribution in [-0.2, 0) is 4.79 Å². The fourth-order valence-corrected chi connectivity index (χ4v) is 3.84. The summed E-state index contributed by atoms with van der Waals surface area (Å²) in [5.41, 5.74) is 0. The Balaban J connectivity index is 2.41. The molecule has 1 aliphatic rings. The highest BCUT2D eigenvalue weighted by molar-refractivity contribution is 8.00. The second kappa shape index (κ2) is 9.68. The van der Waals surface area contributed by atoms with Gasteiger partial charge >= 0.3 is 0 Å². The van der Waals surface area contributed by atoms with Crippen LogP contribution < -0.4 is 10.6 Å². The van der Waals surface area contributed by atoms with Gasteiger partial charge in [0.2, 0.25) is 5.91 Å². The van der Waals surface area contributed by atoms with Crippen LogP contribution in [0.3, 0.4) is 0 Å². The van der Waals surface area contributed by atoms with Crippen LogP contribution in [0.2, 0.25) is 0 Å². The Morgan fingerprint density at radius 1 is 1.11 bits per heavy atom. The van der Waals surface area contributed by atoms with Crippen LogP contribution in [0, 0.1) is 0 Å². The van der Waals surface area contributed by atoms with E-state index < -0.39 is 0 Å². The molecular formula is C14H28N2OS. The van der Waals surface area contributed by atoms with Gasteiger partial charge in [-0.15, -0.1) is 11.8 Å². The topological polar surface area (TPSA) is 41.1 Å². The van der Waals surface area contributed by atoms with Crippen LogP contribution in [-0.4, -0.2) is 36.0 Å². The van der Waals surface area contributed by atoms with Crippen LogP contribution in [0.15, 0.2) is 0 Å². The van der Waals surface area contributed by atoms with Gasteiger partial charge in [-0.25, -0.2) is 0 Å². The van der Waals surface area contributed by atoms with Gasteiger partial charge in [0.15, 0.2) is 0 Å². The molecule has 0 heterocycles. The van der Waals surface area contributed by atoms with E-state index in [0.29, 0.717) is 17.0 Å². The second-order valence-corrected chi connectivity index (χ2v) is 6.19. The molecule has 4 heteroatoms. The quantitative estimate of drug-likeness (QED) is 0.781. The Morgan fingerprint density at radius 3 is 2.50 bits per heavy atom. The third-order valence-corrected chi connectivity index (χ3v) is 4.89. The van der Waals surface area contributed by atoms with E-state index in [1.54, 1.807) is 0 Å². The van der Waals surface area contributed by atoms with Gasteiger partial charge in [-0.3, -0.25) is 4.79 Å². The number of hydrogen-bond acceptors (Lipinski definition) is 3. The summed E-state index contributed by atoms with van der Waals surface area (Å²) < 4.78 is 0. The Hall–Kier alpha value is -0.220. The summed E-state index contributed by atoms with van der Waals surface area (Å²) in [4.78, 5) is 11.6. The zero-order valence-electron chi connectivity index (χ0n) is 11.8. The van der Waals surface area contributed by atoms with Gasteiger partial charge in [0.1, 0.15) is 0 Å². The first-order valence-electron chi connectivity index (χ1n) is 7.39. The molecule has 1 fully saturated rings. The minimum absolute atomic E-state index is 0.180. The lowest BCUT2D eigenvalue weighted by molar-refractivity contribution is -0.118. The maximum absolute atomic E-state index is 11.6. The van der Waals surface area contributed by atoms with E-state index in [1.807, 2.05) is 18.7 Å². The summed E-state index contributed by atoms with van der Waals surface area (Å²) in [7, 11) is 0. The first-order valence-corrected chi connectivity index (χ1v) is 8.44. The van der Waals surface area contributed by atoms with Gasteiger partial charge in [0.05, 0.1) is 5.75 Å². The van der Waals surface area contributed by atoms with Crippen molar-refractivity contribution >= 4 is 17.7 Å². The molecule has 18 heavy (non-hydrogen) atoms. The number of rotatable bonds is 6. The van der Waals surface area contributed by atoms with E-state index in [0.717, 1.165) is 13.1 Å². The molecule has 1 rings (SSSR count). The minimum atomic E-state index is 0.180. The predicted molar refractivity (Wildman–Crippen MR) is 80.1 cm³/mol. The summed E-state index contributed by atoms with van der Waals surface area (Å²) in [6.45, 7) is 5.91. The summed E-state index contributed by atoms with van der Waals surface area (Å²) in [6, 6.07) is 0.592. The van der Waals surface area contributed by atoms with E-state index in [-0.39, 0.29) is 5.91 Å². The Morgan fingerprint density at radius 2 is 1.83 bits per heavy atom. The number of thioether (sulfide) groups is 1. The molecule has 0 spiro atoms. The molecule has 0 saturated heterocycles. The summed E-state index contributed by atoms with van der Waals surface area (Å²) in [5.74, 6) is 0.792. The van der Waals surface area contributed by atoms with Crippen molar-refractivity contribution in [2.75, 3.05) is 18.8 Å². The van der Waals surface area contributed by atoms with E-state index in [4.69, 9.17) is 0 Å². The van der Waals surface area contributed by atoms with E-state index in [9.17, 15) is 4.79 Å². The second-order valence-electron chi connectivity index (χ2n) is 4.96. The Kier molecular flexibility index (Phi) is 8.51. The van der Waals surface area contributed by atoms with Crippen molar-refractivity contribution in [2.45, 2.75) is 63.7 Å². The van der Waals surface area contributed by atoms with Crippen molar-refractivity contribution < 1.29 is 4.79 Å². The minimum Gasteiger partial charge on any atom is -0.356 e. The van der Waals surface area contributed by atoms with Gasteiger partial charge in [-0.2, -0.15) is 0 Å². The first kappa shape index (κ1) is 15.8. The average Bonchev–Trinajstić information content (AvgIpc) is 2.32. The van der Waals surface area contributed by atoms with Crippen LogP contribution in [0.25, 0.3) is 0 Å². The van der Waals surface area contributed by atoms with Crippen molar-refractivity contribution in [1.82, 2.24) is 10.6 Å². The number of carbonyl (C=O) groups excluding carboxylic acids is 1. The third kappa shape index (κ3) is 6.10. The lowest BCUT2D eigenvalue weighted by atomic mass is 9.96. The summed E-state index contributed by atoms with van der Waals surface area (Å²) >= 11 is 1.84. The Labute approximate surface area is 116 Å². The van der Waals surface area contributed by atoms with Crippen LogP contribution in [0.4, 0.5) is 0 Å². The van der Waals surface area contributed by atoms with Crippen molar-refractivity contribution in [3.8, 4) is 0 Å². The molecule has 0 bridgehead atoms. The molecule has 106 valence electrons. The van der Waals surface area contributed by atoms with Crippen molar-refractivity contribution in [2.24, 2.45) is 0 Å². The highest BCUT2D eigenvalue weighted by Gasteiger charge is 2.23. The molecule has 2 atom stereocenters. The molecule has 0 aromatic carbocycles. The van der Waals surface area contributed by atoms with Gasteiger partial charge < -0.3 is 10.6 Å². The highest BCUT2D eigenvalue weighted by atomic mass is 32.2. The van der Waals surface area contributed by atoms with Crippen LogP contribution in [0.1, 0.15) is 52.4 Å². The lowest BCUT2D eigenvalue weighted by Crippen LogP contribution is -2.39. The van der Waals surface area contributed by atoms with Crippen LogP contribution in [0.5, 0.6) is 0 Å². The molecule has 0 aliphatic heterocycles. The van der Waals surface area contributed by atoms with Crippen LogP contribution >= 0.6 is 11.8 Å². The smallest absolute Gasteiger partial charge is 0.229 e. The summed E-state index contributed by atoms with van der Waals surface area (Å²) in [5, 5.41) is 7.09. The lowest BCUT2D eigenvalue weighted by Gasteiger charge is -2.29. The highest BCUT2D eigenvalue weighted by Crippen LogP contribution is 2.27. The fraction of sp³-hybridized carbons (Fsp3) is 0.929. The first-order chi connectivity index (χ1) is 8.77. The molecule has 0 aromatic heterocycles. The summed E-state index contributed by atoms with van der Waals surface area (Å²) in [6.07, 6.45) is 7.89. The molecule has 2 N–H and O–H groups in total.